The van der Waals surface area contributed by atoms with Crippen LogP contribution in [-0.4, -0.2) is 17.2 Å². The summed E-state index contributed by atoms with van der Waals surface area (Å²) in [5.74, 6) is 0.0143. The minimum absolute atomic E-state index is 0.0143. The molecule has 0 aromatic heterocycles. The number of nitrogen functional groups attached to an aromatic ring is 1. The highest BCUT2D eigenvalue weighted by Gasteiger charge is 2.28. The van der Waals surface area contributed by atoms with Gasteiger partial charge in [0.25, 0.3) is 0 Å². The quantitative estimate of drug-likeness (QED) is 0.364. The summed E-state index contributed by atoms with van der Waals surface area (Å²) in [6, 6.07) is 25.1. The molecule has 4 rings (SSSR count). The normalized spacial score (nSPS) is 17.0. The summed E-state index contributed by atoms with van der Waals surface area (Å²) in [5, 5.41) is 24.9. The van der Waals surface area contributed by atoms with Crippen LogP contribution in [0.15, 0.2) is 78.9 Å². The van der Waals surface area contributed by atoms with E-state index in [0.717, 1.165) is 33.8 Å². The Balaban J connectivity index is 1.87. The molecular weight excluding hydrogens is 336 g/mol. The number of anilines is 2. The van der Waals surface area contributed by atoms with E-state index < -0.39 is 6.23 Å². The van der Waals surface area contributed by atoms with Crippen molar-refractivity contribution in [3.8, 4) is 0 Å². The molecule has 5 heteroatoms. The SMILES string of the molecule is N=C(N)c1cccc(N/C(=C2/c3ccccc3NC2O)c2ccccc2)c1. The number of rotatable bonds is 4. The number of benzene rings is 3. The van der Waals surface area contributed by atoms with Crippen LogP contribution in [0, 0.1) is 5.41 Å². The lowest BCUT2D eigenvalue weighted by Gasteiger charge is -2.18. The zero-order chi connectivity index (χ0) is 18.8. The number of aliphatic hydroxyl groups is 1. The second-order valence-electron chi connectivity index (χ2n) is 6.37. The zero-order valence-electron chi connectivity index (χ0n) is 14.6. The monoisotopic (exact) mass is 356 g/mol. The first-order chi connectivity index (χ1) is 13.1. The van der Waals surface area contributed by atoms with Gasteiger partial charge in [-0.2, -0.15) is 0 Å². The summed E-state index contributed by atoms with van der Waals surface area (Å²) in [6.45, 7) is 0. The number of nitrogens with one attached hydrogen (secondary N) is 3. The van der Waals surface area contributed by atoms with E-state index in [1.165, 1.54) is 0 Å². The molecule has 3 aromatic rings. The summed E-state index contributed by atoms with van der Waals surface area (Å²) in [4.78, 5) is 0. The van der Waals surface area contributed by atoms with Gasteiger partial charge in [-0.15, -0.1) is 0 Å². The number of amidine groups is 1. The predicted molar refractivity (Wildman–Crippen MR) is 110 cm³/mol. The Morgan fingerprint density at radius 3 is 2.41 bits per heavy atom. The van der Waals surface area contributed by atoms with Crippen LogP contribution in [-0.2, 0) is 0 Å². The van der Waals surface area contributed by atoms with E-state index in [9.17, 15) is 5.11 Å². The van der Waals surface area contributed by atoms with E-state index in [-0.39, 0.29) is 5.84 Å². The molecule has 6 N–H and O–H groups in total. The second-order valence-corrected chi connectivity index (χ2v) is 6.37. The summed E-state index contributed by atoms with van der Waals surface area (Å²) in [7, 11) is 0. The van der Waals surface area contributed by atoms with Gasteiger partial charge in [-0.05, 0) is 23.8 Å². The molecule has 5 nitrogen and oxygen atoms in total. The molecule has 1 heterocycles. The van der Waals surface area contributed by atoms with Crippen molar-refractivity contribution in [2.24, 2.45) is 5.73 Å². The third-order valence-corrected chi connectivity index (χ3v) is 4.56. The molecule has 0 amide bonds. The summed E-state index contributed by atoms with van der Waals surface area (Å²) in [6.07, 6.45) is -0.818. The fraction of sp³-hybridized carbons (Fsp3) is 0.0455. The molecular formula is C22H20N4O. The van der Waals surface area contributed by atoms with Crippen LogP contribution in [0.1, 0.15) is 16.7 Å². The van der Waals surface area contributed by atoms with E-state index in [1.54, 1.807) is 6.07 Å². The van der Waals surface area contributed by atoms with Gasteiger partial charge in [0, 0.05) is 28.1 Å². The fourth-order valence-electron chi connectivity index (χ4n) is 3.29. The van der Waals surface area contributed by atoms with Crippen molar-refractivity contribution in [2.75, 3.05) is 10.6 Å². The highest BCUT2D eigenvalue weighted by atomic mass is 16.3. The molecule has 1 aliphatic heterocycles. The van der Waals surface area contributed by atoms with Crippen LogP contribution in [0.4, 0.5) is 11.4 Å². The minimum atomic E-state index is -0.818. The second kappa shape index (κ2) is 6.97. The van der Waals surface area contributed by atoms with E-state index >= 15 is 0 Å². The first kappa shape index (κ1) is 16.9. The van der Waals surface area contributed by atoms with Crippen molar-refractivity contribution in [1.82, 2.24) is 0 Å². The maximum absolute atomic E-state index is 10.7. The number of hydrogen-bond acceptors (Lipinski definition) is 4. The largest absolute Gasteiger partial charge is 0.384 e. The van der Waals surface area contributed by atoms with Gasteiger partial charge >= 0.3 is 0 Å². The third-order valence-electron chi connectivity index (χ3n) is 4.56. The standard InChI is InChI=1S/C22H20N4O/c23-21(24)15-9-6-10-16(13-15)25-20(14-7-2-1-3-8-14)19-17-11-4-5-12-18(17)26-22(19)27/h1-13,22,25-27H,(H3,23,24)/b20-19-. The molecule has 0 spiro atoms. The van der Waals surface area contributed by atoms with Crippen molar-refractivity contribution >= 4 is 28.5 Å². The Labute approximate surface area is 157 Å². The number of nitrogens with two attached hydrogens (primary N) is 1. The molecule has 0 aliphatic carbocycles. The Morgan fingerprint density at radius 2 is 1.63 bits per heavy atom. The van der Waals surface area contributed by atoms with Gasteiger partial charge in [-0.25, -0.2) is 0 Å². The smallest absolute Gasteiger partial charge is 0.153 e. The molecule has 1 unspecified atom stereocenters. The van der Waals surface area contributed by atoms with Crippen LogP contribution in [0.5, 0.6) is 0 Å². The molecule has 1 aliphatic rings. The van der Waals surface area contributed by atoms with Crippen LogP contribution < -0.4 is 16.4 Å². The first-order valence-electron chi connectivity index (χ1n) is 8.68. The van der Waals surface area contributed by atoms with Crippen LogP contribution >= 0.6 is 0 Å². The highest BCUT2D eigenvalue weighted by molar-refractivity contribution is 6.03. The Hall–Kier alpha value is -3.57. The number of hydrogen-bond donors (Lipinski definition) is 5. The average molecular weight is 356 g/mol. The van der Waals surface area contributed by atoms with Crippen molar-refractivity contribution in [3.63, 3.8) is 0 Å². The molecule has 134 valence electrons. The van der Waals surface area contributed by atoms with Gasteiger partial charge in [0.05, 0.1) is 5.70 Å². The van der Waals surface area contributed by atoms with Gasteiger partial charge in [0.1, 0.15) is 5.84 Å². The van der Waals surface area contributed by atoms with Crippen LogP contribution in [0.3, 0.4) is 0 Å². The van der Waals surface area contributed by atoms with Crippen LogP contribution in [0.25, 0.3) is 11.3 Å². The van der Waals surface area contributed by atoms with Gasteiger partial charge < -0.3 is 21.5 Å². The molecule has 27 heavy (non-hydrogen) atoms. The first-order valence-corrected chi connectivity index (χ1v) is 8.68. The number of para-hydroxylation sites is 1. The molecule has 0 fully saturated rings. The Kier molecular flexibility index (Phi) is 4.36. The Bertz CT molecular complexity index is 1030. The van der Waals surface area contributed by atoms with Crippen LogP contribution in [0.2, 0.25) is 0 Å². The third kappa shape index (κ3) is 3.28. The van der Waals surface area contributed by atoms with Gasteiger partial charge in [0.2, 0.25) is 0 Å². The van der Waals surface area contributed by atoms with Crippen molar-refractivity contribution < 1.29 is 5.11 Å². The fourth-order valence-corrected chi connectivity index (χ4v) is 3.29. The zero-order valence-corrected chi connectivity index (χ0v) is 14.6. The topological polar surface area (TPSA) is 94.2 Å². The maximum atomic E-state index is 10.7. The van der Waals surface area contributed by atoms with E-state index in [4.69, 9.17) is 11.1 Å². The lowest BCUT2D eigenvalue weighted by atomic mass is 9.99. The summed E-state index contributed by atoms with van der Waals surface area (Å²) in [5.41, 5.74) is 11.5. The lowest BCUT2D eigenvalue weighted by Crippen LogP contribution is -2.16. The summed E-state index contributed by atoms with van der Waals surface area (Å²) >= 11 is 0. The molecule has 3 aromatic carbocycles. The molecule has 1 atom stereocenters. The minimum Gasteiger partial charge on any atom is -0.384 e. The van der Waals surface area contributed by atoms with E-state index in [0.29, 0.717) is 5.56 Å². The van der Waals surface area contributed by atoms with Gasteiger partial charge in [-0.3, -0.25) is 5.41 Å². The predicted octanol–water partition coefficient (Wildman–Crippen LogP) is 3.69. The van der Waals surface area contributed by atoms with Crippen molar-refractivity contribution in [3.05, 3.63) is 95.6 Å². The molecule has 0 saturated heterocycles. The maximum Gasteiger partial charge on any atom is 0.153 e. The Morgan fingerprint density at radius 1 is 0.926 bits per heavy atom. The molecule has 0 radical (unpaired) electrons. The van der Waals surface area contributed by atoms with E-state index in [2.05, 4.69) is 10.6 Å². The highest BCUT2D eigenvalue weighted by Crippen LogP contribution is 2.39. The van der Waals surface area contributed by atoms with Crippen molar-refractivity contribution in [1.29, 1.82) is 5.41 Å². The average Bonchev–Trinajstić information content (AvgIpc) is 3.02. The number of fused-ring (bicyclic) bond motifs is 1. The number of aliphatic hydroxyl groups excluding tert-OH is 1. The molecule has 0 saturated carbocycles. The molecule has 0 bridgehead atoms. The van der Waals surface area contributed by atoms with Gasteiger partial charge in [-0.1, -0.05) is 60.7 Å². The lowest BCUT2D eigenvalue weighted by molar-refractivity contribution is 0.266. The van der Waals surface area contributed by atoms with Gasteiger partial charge in [0.15, 0.2) is 6.23 Å². The van der Waals surface area contributed by atoms with E-state index in [1.807, 2.05) is 72.8 Å². The van der Waals surface area contributed by atoms with Crippen molar-refractivity contribution in [2.45, 2.75) is 6.23 Å². The summed E-state index contributed by atoms with van der Waals surface area (Å²) < 4.78 is 0.